The maximum Gasteiger partial charge on any atom is 0.394 e. The van der Waals surface area contributed by atoms with Crippen molar-refractivity contribution in [1.82, 2.24) is 10.2 Å². The predicted molar refractivity (Wildman–Crippen MR) is 223 cm³/mol. The second kappa shape index (κ2) is 19.4. The molecule has 0 bridgehead atoms. The molecule has 8 heteroatoms. The van der Waals surface area contributed by atoms with Crippen LogP contribution in [-0.4, -0.2) is 27.3 Å². The second-order valence-electron chi connectivity index (χ2n) is 17.4. The Kier molecular flexibility index (Phi) is 12.8. The molecule has 4 aromatic rings. The number of aromatic nitrogens is 2. The van der Waals surface area contributed by atoms with Crippen molar-refractivity contribution >= 4 is 16.6 Å². The summed E-state index contributed by atoms with van der Waals surface area (Å²) < 4.78 is 107. The van der Waals surface area contributed by atoms with Crippen LogP contribution < -0.4 is 0 Å². The minimum atomic E-state index is -4.95. The number of nitrogens with zero attached hydrogens (tertiary/aromatic N) is 2. The third-order valence-electron chi connectivity index (χ3n) is 9.96. The summed E-state index contributed by atoms with van der Waals surface area (Å²) in [4.78, 5) is 12.3. The fraction of sp³-hybridized carbons (Fsp3) is 0.521. The van der Waals surface area contributed by atoms with Crippen molar-refractivity contribution in [2.75, 3.05) is 0 Å². The van der Waals surface area contributed by atoms with Crippen LogP contribution in [0.2, 0.25) is 0 Å². The molecule has 0 aliphatic heterocycles. The molecular formula is C48H64F3IrN2O2-. The van der Waals surface area contributed by atoms with Crippen molar-refractivity contribution in [2.45, 2.75) is 122 Å². The maximum absolute atomic E-state index is 13.9. The summed E-state index contributed by atoms with van der Waals surface area (Å²) in [5, 5.41) is 20.2. The zero-order chi connectivity index (χ0) is 48.6. The van der Waals surface area contributed by atoms with Crippen LogP contribution in [0.3, 0.4) is 0 Å². The number of hydrogen-bond acceptors (Lipinski definition) is 4. The molecule has 0 saturated carbocycles. The van der Waals surface area contributed by atoms with Gasteiger partial charge in [0, 0.05) is 54.7 Å². The third kappa shape index (κ3) is 12.1. The van der Waals surface area contributed by atoms with Gasteiger partial charge in [-0.3, -0.25) is 4.79 Å². The quantitative estimate of drug-likeness (QED) is 0.0924. The van der Waals surface area contributed by atoms with E-state index in [4.69, 9.17) is 11.0 Å². The van der Waals surface area contributed by atoms with Crippen LogP contribution in [0, 0.1) is 60.7 Å². The molecule has 4 rings (SSSR count). The summed E-state index contributed by atoms with van der Waals surface area (Å²) in [7, 11) is 0. The zero-order valence-electron chi connectivity index (χ0n) is 43.0. The molecule has 4 nitrogen and oxygen atoms in total. The third-order valence-corrected chi connectivity index (χ3v) is 9.96. The fourth-order valence-electron chi connectivity index (χ4n) is 7.22. The van der Waals surface area contributed by atoms with Crippen LogP contribution in [0.4, 0.5) is 13.2 Å². The van der Waals surface area contributed by atoms with E-state index in [0.29, 0.717) is 43.1 Å². The molecule has 0 aliphatic rings. The number of rotatable bonds is 11. The predicted octanol–water partition coefficient (Wildman–Crippen LogP) is 13.7. The van der Waals surface area contributed by atoms with Crippen molar-refractivity contribution < 1.29 is 54.1 Å². The summed E-state index contributed by atoms with van der Waals surface area (Å²) in [6, 6.07) is 17.2. The van der Waals surface area contributed by atoms with Gasteiger partial charge in [-0.1, -0.05) is 143 Å². The van der Waals surface area contributed by atoms with Crippen molar-refractivity contribution in [3.05, 3.63) is 94.9 Å². The van der Waals surface area contributed by atoms with Gasteiger partial charge >= 0.3 is 6.18 Å². The van der Waals surface area contributed by atoms with Gasteiger partial charge in [0.2, 0.25) is 0 Å². The Labute approximate surface area is 359 Å². The van der Waals surface area contributed by atoms with Crippen LogP contribution in [0.25, 0.3) is 33.2 Å². The number of aliphatic hydroxyl groups is 1. The number of fused-ring (bicyclic) bond motifs is 1. The van der Waals surface area contributed by atoms with Crippen molar-refractivity contribution in [3.63, 3.8) is 0 Å². The summed E-state index contributed by atoms with van der Waals surface area (Å²) >= 11 is 0. The van der Waals surface area contributed by atoms with Gasteiger partial charge in [0.1, 0.15) is 0 Å². The van der Waals surface area contributed by atoms with Crippen LogP contribution >= 0.6 is 0 Å². The normalized spacial score (nSPS) is 15.7. The first-order valence-corrected chi connectivity index (χ1v) is 19.0. The van der Waals surface area contributed by atoms with Gasteiger partial charge in [-0.25, -0.2) is 0 Å². The standard InChI is InChI=1S/C31H32F3N2.C17H32O2.Ir/c1-19-14-21(18-30(6,7)31(32,33)34)12-13-24(19)26-17-28(36-35-20(26)2)23-15-22-10-8-9-11-25(22)27(16-23)29(3,4)5;1-10(2)16(11(3)4)14(18)9-15(19)17(12(5)6)13(7)8;/h8-14,16-17H,18H2,1-7H3;9-13,16-18H,1-8H3;/q-1;;/b;14-9-;/i1D3,2D3,18D2;;. The molecule has 3 aromatic carbocycles. The van der Waals surface area contributed by atoms with E-state index in [-0.39, 0.29) is 65.7 Å². The molecule has 1 aromatic heterocycles. The van der Waals surface area contributed by atoms with E-state index in [0.717, 1.165) is 34.5 Å². The maximum atomic E-state index is 13.9. The molecule has 1 N–H and O–H groups in total. The van der Waals surface area contributed by atoms with Crippen LogP contribution in [0.5, 0.6) is 0 Å². The first kappa shape index (κ1) is 37.0. The molecule has 0 spiro atoms. The smallest absolute Gasteiger partial charge is 0.394 e. The summed E-state index contributed by atoms with van der Waals surface area (Å²) in [5.41, 5.74) is -3.29. The molecule has 0 aliphatic carbocycles. The van der Waals surface area contributed by atoms with Gasteiger partial charge in [-0.05, 0) is 71.4 Å². The summed E-state index contributed by atoms with van der Waals surface area (Å²) in [6.07, 6.45) is -6.49. The van der Waals surface area contributed by atoms with Gasteiger partial charge in [0.15, 0.2) is 5.78 Å². The summed E-state index contributed by atoms with van der Waals surface area (Å²) in [5.74, 6) is 1.63. The van der Waals surface area contributed by atoms with Gasteiger partial charge in [0.25, 0.3) is 0 Å². The number of allylic oxidation sites excluding steroid dienone is 2. The van der Waals surface area contributed by atoms with Crippen molar-refractivity contribution in [2.24, 2.45) is 40.9 Å². The van der Waals surface area contributed by atoms with E-state index in [2.05, 4.69) is 71.7 Å². The average Bonchev–Trinajstić information content (AvgIpc) is 3.11. The summed E-state index contributed by atoms with van der Waals surface area (Å²) in [6.45, 7) is 18.3. The minimum Gasteiger partial charge on any atom is -0.512 e. The number of alkyl halides is 3. The Morgan fingerprint density at radius 1 is 0.821 bits per heavy atom. The first-order valence-electron chi connectivity index (χ1n) is 23.0. The van der Waals surface area contributed by atoms with E-state index < -0.39 is 48.5 Å². The molecule has 0 atom stereocenters. The largest absolute Gasteiger partial charge is 0.512 e. The van der Waals surface area contributed by atoms with E-state index in [1.165, 1.54) is 12.1 Å². The first-order chi connectivity index (χ1) is 28.5. The monoisotopic (exact) mass is 959 g/mol. The number of benzene rings is 3. The van der Waals surface area contributed by atoms with Gasteiger partial charge < -0.3 is 5.11 Å². The van der Waals surface area contributed by atoms with E-state index >= 15 is 0 Å². The molecule has 309 valence electrons. The van der Waals surface area contributed by atoms with Gasteiger partial charge in [0.05, 0.1) is 16.9 Å². The van der Waals surface area contributed by atoms with E-state index in [1.807, 2.05) is 51.1 Å². The number of carbonyl (C=O) groups excluding carboxylic acids is 1. The number of hydrogen-bond donors (Lipinski definition) is 1. The minimum absolute atomic E-state index is 0. The van der Waals surface area contributed by atoms with Crippen LogP contribution in [0.1, 0.15) is 123 Å². The number of carbonyl (C=O) groups is 1. The molecule has 1 radical (unpaired) electrons. The van der Waals surface area contributed by atoms with Crippen molar-refractivity contribution in [3.8, 4) is 22.4 Å². The Morgan fingerprint density at radius 2 is 1.41 bits per heavy atom. The SMILES string of the molecule is CC(C)C(C(=O)/C=C(\O)C(C(C)C)C(C)C)C(C)C.[2H]C([2H])([2H])c1cc(C([2H])([2H])C(C)(C)C(F)(F)F)ccc1-c1cc(-c2[c-]c3ccccc3c(C(C)(C)C)c2)nnc1C([2H])([2H])[2H].[Ir]. The Balaban J connectivity index is 0.000000596. The second-order valence-corrected chi connectivity index (χ2v) is 17.4. The number of aliphatic hydroxyl groups excluding tert-OH is 1. The molecule has 0 saturated heterocycles. The molecule has 0 amide bonds. The van der Waals surface area contributed by atoms with Crippen LogP contribution in [0.15, 0.2) is 66.4 Å². The average molecular weight is 958 g/mol. The Bertz CT molecular complexity index is 2260. The van der Waals surface area contributed by atoms with E-state index in [9.17, 15) is 23.1 Å². The van der Waals surface area contributed by atoms with Gasteiger partial charge in [-0.15, -0.1) is 29.1 Å². The number of halogens is 3. The zero-order valence-corrected chi connectivity index (χ0v) is 37.3. The topological polar surface area (TPSA) is 63.1 Å². The Hall–Kier alpha value is -3.35. The van der Waals surface area contributed by atoms with Crippen molar-refractivity contribution in [1.29, 1.82) is 0 Å². The molecule has 0 unspecified atom stereocenters. The number of aryl methyl sites for hydroxylation is 2. The van der Waals surface area contributed by atoms with E-state index in [1.54, 1.807) is 0 Å². The number of ketones is 1. The van der Waals surface area contributed by atoms with Gasteiger partial charge in [-0.2, -0.15) is 23.4 Å². The fourth-order valence-corrected chi connectivity index (χ4v) is 7.22. The molecule has 56 heavy (non-hydrogen) atoms. The molecular weight excluding hydrogens is 886 g/mol. The molecule has 1 heterocycles. The Morgan fingerprint density at radius 3 is 1.93 bits per heavy atom. The van der Waals surface area contributed by atoms with Crippen LogP contribution in [-0.2, 0) is 36.7 Å². The molecule has 0 fully saturated rings.